The molecule has 12 atom stereocenters. The van der Waals surface area contributed by atoms with Crippen LogP contribution < -0.4 is 0 Å². The van der Waals surface area contributed by atoms with Gasteiger partial charge >= 0.3 is 12.1 Å². The minimum absolute atomic E-state index is 0.00375. The van der Waals surface area contributed by atoms with Gasteiger partial charge in [-0.15, -0.1) is 0 Å². The number of fused-ring (bicyclic) bond motifs is 7. The number of aliphatic hydroxyl groups is 1. The number of ketones is 1. The number of hydrogen-bond acceptors (Lipinski definition) is 6. The zero-order valence-electron chi connectivity index (χ0n) is 24.7. The predicted octanol–water partition coefficient (Wildman–Crippen LogP) is 5.74. The summed E-state index contributed by atoms with van der Waals surface area (Å²) in [5.41, 5.74) is -7.73. The van der Waals surface area contributed by atoms with Crippen molar-refractivity contribution in [2.45, 2.75) is 110 Å². The van der Waals surface area contributed by atoms with Crippen LogP contribution in [0.4, 0.5) is 13.6 Å². The van der Waals surface area contributed by atoms with Gasteiger partial charge < -0.3 is 19.7 Å². The van der Waals surface area contributed by atoms with E-state index < -0.39 is 76.1 Å². The first-order chi connectivity index (χ1) is 18.9. The van der Waals surface area contributed by atoms with Gasteiger partial charge in [0.1, 0.15) is 12.3 Å². The summed E-state index contributed by atoms with van der Waals surface area (Å²) in [6.07, 6.45) is 1.04. The molecule has 3 unspecified atom stereocenters. The lowest BCUT2D eigenvalue weighted by molar-refractivity contribution is -0.232. The van der Waals surface area contributed by atoms with Gasteiger partial charge in [0.2, 0.25) is 5.60 Å². The monoisotopic (exact) mass is 576 g/mol. The molecule has 0 aromatic heterocycles. The van der Waals surface area contributed by atoms with E-state index in [0.717, 1.165) is 18.9 Å². The number of alkyl halides is 2. The van der Waals surface area contributed by atoms with Crippen LogP contribution in [-0.2, 0) is 19.1 Å². The summed E-state index contributed by atoms with van der Waals surface area (Å²) in [5.74, 6) is -3.96. The second-order valence-electron chi connectivity index (χ2n) is 15.1. The topological polar surface area (TPSA) is 110 Å². The van der Waals surface area contributed by atoms with Crippen LogP contribution in [0.15, 0.2) is 23.8 Å². The molecule has 226 valence electrons. The molecule has 0 spiro atoms. The zero-order chi connectivity index (χ0) is 30.1. The minimum atomic E-state index is -2.35. The molecule has 0 aliphatic heterocycles. The first kappa shape index (κ1) is 28.8. The van der Waals surface area contributed by atoms with E-state index in [4.69, 9.17) is 9.47 Å². The fraction of sp³-hybridized carbons (Fsp3) is 0.781. The van der Waals surface area contributed by atoms with Crippen molar-refractivity contribution in [2.24, 2.45) is 45.3 Å². The molecule has 9 heteroatoms. The zero-order valence-corrected chi connectivity index (χ0v) is 24.7. The number of carbonyl (C=O) groups excluding carboxylic acids is 2. The largest absolute Gasteiger partial charge is 0.509 e. The summed E-state index contributed by atoms with van der Waals surface area (Å²) in [5, 5.41) is 22.3. The molecule has 0 aromatic carbocycles. The highest BCUT2D eigenvalue weighted by Gasteiger charge is 2.79. The molecule has 2 N–H and O–H groups in total. The van der Waals surface area contributed by atoms with Crippen LogP contribution in [0.5, 0.6) is 0 Å². The molecule has 2 bridgehead atoms. The van der Waals surface area contributed by atoms with E-state index >= 15 is 8.78 Å². The molecule has 0 saturated heterocycles. The minimum Gasteiger partial charge on any atom is -0.478 e. The Kier molecular flexibility index (Phi) is 5.91. The molecule has 0 radical (unpaired) electrons. The average molecular weight is 577 g/mol. The van der Waals surface area contributed by atoms with Crippen molar-refractivity contribution in [2.75, 3.05) is 0 Å². The van der Waals surface area contributed by atoms with Crippen LogP contribution in [0.25, 0.3) is 0 Å². The molecule has 41 heavy (non-hydrogen) atoms. The third-order valence-electron chi connectivity index (χ3n) is 13.7. The normalized spacial score (nSPS) is 52.8. The van der Waals surface area contributed by atoms with Crippen LogP contribution in [0.1, 0.15) is 80.1 Å². The molecular formula is C32H42F2O7. The van der Waals surface area contributed by atoms with Crippen molar-refractivity contribution in [1.82, 2.24) is 0 Å². The average Bonchev–Trinajstić information content (AvgIpc) is 3.32. The maximum absolute atomic E-state index is 17.5. The van der Waals surface area contributed by atoms with Crippen LogP contribution in [0.3, 0.4) is 0 Å². The van der Waals surface area contributed by atoms with Crippen molar-refractivity contribution in [3.63, 3.8) is 0 Å². The third kappa shape index (κ3) is 3.19. The summed E-state index contributed by atoms with van der Waals surface area (Å²) >= 11 is 0. The third-order valence-corrected chi connectivity index (χ3v) is 13.7. The number of carboxylic acids is 1. The van der Waals surface area contributed by atoms with Gasteiger partial charge in [-0.2, -0.15) is 0 Å². The quantitative estimate of drug-likeness (QED) is 0.412. The lowest BCUT2D eigenvalue weighted by Crippen LogP contribution is -2.71. The Morgan fingerprint density at radius 1 is 1.05 bits per heavy atom. The van der Waals surface area contributed by atoms with E-state index in [1.165, 1.54) is 19.1 Å². The van der Waals surface area contributed by atoms with Crippen LogP contribution in [0.2, 0.25) is 0 Å². The maximum Gasteiger partial charge on any atom is 0.509 e. The molecule has 6 aliphatic rings. The Hall–Kier alpha value is -2.29. The summed E-state index contributed by atoms with van der Waals surface area (Å²) in [6.45, 7) is 11.2. The van der Waals surface area contributed by atoms with E-state index in [9.17, 15) is 24.6 Å². The fourth-order valence-corrected chi connectivity index (χ4v) is 10.8. The van der Waals surface area contributed by atoms with Gasteiger partial charge in [-0.25, -0.2) is 18.4 Å². The van der Waals surface area contributed by atoms with E-state index in [-0.39, 0.29) is 35.7 Å². The Morgan fingerprint density at radius 3 is 2.32 bits per heavy atom. The van der Waals surface area contributed by atoms with Crippen LogP contribution in [0, 0.1) is 45.3 Å². The van der Waals surface area contributed by atoms with E-state index in [1.54, 1.807) is 13.8 Å². The Balaban J connectivity index is 1.35. The number of carboxylic acid groups (broad SMARTS) is 1. The van der Waals surface area contributed by atoms with Gasteiger partial charge in [0.25, 0.3) is 0 Å². The van der Waals surface area contributed by atoms with Crippen molar-refractivity contribution in [3.8, 4) is 0 Å². The van der Waals surface area contributed by atoms with Gasteiger partial charge in [-0.3, -0.25) is 4.79 Å². The van der Waals surface area contributed by atoms with Gasteiger partial charge in [0, 0.05) is 28.1 Å². The Morgan fingerprint density at radius 2 is 1.73 bits per heavy atom. The van der Waals surface area contributed by atoms with E-state index in [1.807, 2.05) is 0 Å². The van der Waals surface area contributed by atoms with Gasteiger partial charge in [0.05, 0.1) is 6.10 Å². The number of allylic oxidation sites excluding steroid dienone is 4. The molecule has 5 saturated carbocycles. The predicted molar refractivity (Wildman–Crippen MR) is 144 cm³/mol. The lowest BCUT2D eigenvalue weighted by Gasteiger charge is -2.62. The van der Waals surface area contributed by atoms with Crippen molar-refractivity contribution < 1.29 is 42.9 Å². The molecule has 0 amide bonds. The smallest absolute Gasteiger partial charge is 0.478 e. The summed E-state index contributed by atoms with van der Waals surface area (Å²) < 4.78 is 45.0. The second kappa shape index (κ2) is 8.42. The van der Waals surface area contributed by atoms with Crippen LogP contribution >= 0.6 is 0 Å². The fourth-order valence-electron chi connectivity index (χ4n) is 10.8. The number of aliphatic carboxylic acids is 1. The number of carbonyl (C=O) groups is 3. The number of halogens is 2. The highest BCUT2D eigenvalue weighted by Crippen LogP contribution is 2.72. The maximum atomic E-state index is 17.5. The Bertz CT molecular complexity index is 1280. The van der Waals surface area contributed by atoms with Crippen molar-refractivity contribution >= 4 is 17.9 Å². The van der Waals surface area contributed by atoms with Crippen molar-refractivity contribution in [3.05, 3.63) is 23.8 Å². The lowest BCUT2D eigenvalue weighted by atomic mass is 9.44. The molecule has 7 nitrogen and oxygen atoms in total. The standard InChI is InChI=1S/C32H42F2O7/c1-16-11-19-20-14-22(33)21-13-18(35)8-10-28(21,4)31(20,34)23(36)15-30(19,6)32(16,25(37)38)41-26(39)40-24-12-17-7-9-29(24,5)27(17,2)3/h8,10,13,16-17,19-20,22-24,36H,7,9,11-12,14-15H2,1-6H3,(H,37,38)/t16-,17?,19+,20+,22+,23+,24?,28+,29?,30+,31+,32+/m1/s1. The van der Waals surface area contributed by atoms with Gasteiger partial charge in [-0.1, -0.05) is 40.7 Å². The highest BCUT2D eigenvalue weighted by molar-refractivity contribution is 6.01. The number of hydrogen-bond donors (Lipinski definition) is 2. The summed E-state index contributed by atoms with van der Waals surface area (Å²) in [7, 11) is 0. The molecule has 6 rings (SSSR count). The first-order valence-corrected chi connectivity index (χ1v) is 15.0. The molecular weight excluding hydrogens is 534 g/mol. The number of ether oxygens (including phenoxy) is 2. The summed E-state index contributed by atoms with van der Waals surface area (Å²) in [4.78, 5) is 38.7. The van der Waals surface area contributed by atoms with Gasteiger partial charge in [0.15, 0.2) is 11.5 Å². The Labute approximate surface area is 239 Å². The van der Waals surface area contributed by atoms with E-state index in [0.29, 0.717) is 12.3 Å². The molecule has 0 aromatic rings. The highest BCUT2D eigenvalue weighted by atomic mass is 19.1. The SMILES string of the molecule is C[C@@H]1C[C@H]2[C@@H]3C[C@H](F)C4=CC(=O)C=C[C@]4(C)[C@@]3(F)[C@@H](O)C[C@]2(C)[C@@]1(OC(=O)OC1CC2CCC1(C)C2(C)C)C(=O)O. The van der Waals surface area contributed by atoms with Crippen molar-refractivity contribution in [1.29, 1.82) is 0 Å². The number of rotatable bonds is 3. The summed E-state index contributed by atoms with van der Waals surface area (Å²) in [6, 6.07) is 0. The first-order valence-electron chi connectivity index (χ1n) is 15.0. The van der Waals surface area contributed by atoms with Crippen LogP contribution in [-0.4, -0.2) is 57.8 Å². The number of aliphatic hydroxyl groups excluding tert-OH is 1. The molecule has 0 heterocycles. The van der Waals surface area contributed by atoms with E-state index in [2.05, 4.69) is 20.8 Å². The second-order valence-corrected chi connectivity index (χ2v) is 15.1. The van der Waals surface area contributed by atoms with Gasteiger partial charge in [-0.05, 0) is 80.4 Å². The molecule has 6 aliphatic carbocycles. The molecule has 5 fully saturated rings.